The second-order valence-corrected chi connectivity index (χ2v) is 5.59. The van der Waals surface area contributed by atoms with Crippen LogP contribution in [0.3, 0.4) is 0 Å². The number of likely N-dealkylation sites (tertiary alicyclic amines) is 1. The van der Waals surface area contributed by atoms with Crippen LogP contribution in [0.4, 0.5) is 0 Å². The molecule has 1 aromatic carbocycles. The van der Waals surface area contributed by atoms with Gasteiger partial charge in [0.25, 0.3) is 0 Å². The third-order valence-corrected chi connectivity index (χ3v) is 3.93. The van der Waals surface area contributed by atoms with E-state index in [1.165, 1.54) is 0 Å². The van der Waals surface area contributed by atoms with Gasteiger partial charge in [0.15, 0.2) is 11.5 Å². The molecule has 2 aliphatic rings. The summed E-state index contributed by atoms with van der Waals surface area (Å²) < 4.78 is 10.6. The Kier molecular flexibility index (Phi) is 4.46. The van der Waals surface area contributed by atoms with Crippen LogP contribution < -0.4 is 14.8 Å². The first kappa shape index (κ1) is 14.7. The molecule has 0 spiro atoms. The van der Waals surface area contributed by atoms with Gasteiger partial charge in [0.05, 0.1) is 6.54 Å². The van der Waals surface area contributed by atoms with Crippen LogP contribution in [0.15, 0.2) is 18.2 Å². The fraction of sp³-hybridized carbons (Fsp3) is 0.500. The van der Waals surface area contributed by atoms with Gasteiger partial charge in [-0.1, -0.05) is 12.5 Å². The van der Waals surface area contributed by atoms with Crippen LogP contribution in [0.2, 0.25) is 0 Å². The highest BCUT2D eigenvalue weighted by molar-refractivity contribution is 5.84. The van der Waals surface area contributed by atoms with E-state index in [2.05, 4.69) is 5.32 Å². The SMILES string of the molecule is O=C(CN1CCCCCC1=O)NCc1ccc2c(c1)OCO2. The number of carbonyl (C=O) groups excluding carboxylic acids is 2. The van der Waals surface area contributed by atoms with E-state index < -0.39 is 0 Å². The van der Waals surface area contributed by atoms with Crippen molar-refractivity contribution < 1.29 is 19.1 Å². The van der Waals surface area contributed by atoms with Crippen LogP contribution in [0, 0.1) is 0 Å². The van der Waals surface area contributed by atoms with Crippen molar-refractivity contribution >= 4 is 11.8 Å². The predicted octanol–water partition coefficient (Wildman–Crippen LogP) is 1.43. The number of ether oxygens (including phenoxy) is 2. The molecular weight excluding hydrogens is 284 g/mol. The van der Waals surface area contributed by atoms with Crippen LogP contribution in [0.5, 0.6) is 11.5 Å². The Hall–Kier alpha value is -2.24. The molecule has 0 saturated carbocycles. The van der Waals surface area contributed by atoms with E-state index in [1.54, 1.807) is 4.90 Å². The molecule has 0 aromatic heterocycles. The standard InChI is InChI=1S/C16H20N2O4/c19-15(10-18-7-3-1-2-4-16(18)20)17-9-12-5-6-13-14(8-12)22-11-21-13/h5-6,8H,1-4,7,9-11H2,(H,17,19). The second kappa shape index (κ2) is 6.68. The Labute approximate surface area is 129 Å². The van der Waals surface area contributed by atoms with Gasteiger partial charge in [0, 0.05) is 19.5 Å². The highest BCUT2D eigenvalue weighted by Gasteiger charge is 2.19. The van der Waals surface area contributed by atoms with E-state index in [1.807, 2.05) is 18.2 Å². The first-order valence-electron chi connectivity index (χ1n) is 7.65. The molecule has 0 unspecified atom stereocenters. The summed E-state index contributed by atoms with van der Waals surface area (Å²) in [5.41, 5.74) is 0.944. The molecule has 1 aromatic rings. The molecule has 0 atom stereocenters. The topological polar surface area (TPSA) is 67.9 Å². The van der Waals surface area contributed by atoms with Crippen molar-refractivity contribution in [3.63, 3.8) is 0 Å². The zero-order valence-corrected chi connectivity index (χ0v) is 12.5. The minimum atomic E-state index is -0.132. The summed E-state index contributed by atoms with van der Waals surface area (Å²) in [6, 6.07) is 5.59. The molecule has 1 N–H and O–H groups in total. The lowest BCUT2D eigenvalue weighted by Crippen LogP contribution is -2.40. The Balaban J connectivity index is 1.50. The average Bonchev–Trinajstić information content (AvgIpc) is 2.89. The maximum Gasteiger partial charge on any atom is 0.239 e. The first-order valence-corrected chi connectivity index (χ1v) is 7.65. The highest BCUT2D eigenvalue weighted by Crippen LogP contribution is 2.32. The zero-order chi connectivity index (χ0) is 15.4. The predicted molar refractivity (Wildman–Crippen MR) is 79.5 cm³/mol. The largest absolute Gasteiger partial charge is 0.454 e. The number of hydrogen-bond acceptors (Lipinski definition) is 4. The summed E-state index contributed by atoms with van der Waals surface area (Å²) in [5, 5.41) is 2.85. The molecule has 0 aliphatic carbocycles. The van der Waals surface area contributed by atoms with Gasteiger partial charge in [-0.05, 0) is 30.5 Å². The molecule has 2 amide bonds. The van der Waals surface area contributed by atoms with Gasteiger partial charge in [-0.15, -0.1) is 0 Å². The van der Waals surface area contributed by atoms with Crippen molar-refractivity contribution in [1.82, 2.24) is 10.2 Å². The van der Waals surface area contributed by atoms with E-state index in [-0.39, 0.29) is 25.2 Å². The van der Waals surface area contributed by atoms with E-state index >= 15 is 0 Å². The van der Waals surface area contributed by atoms with Crippen molar-refractivity contribution in [3.8, 4) is 11.5 Å². The molecule has 118 valence electrons. The third kappa shape index (κ3) is 3.50. The van der Waals surface area contributed by atoms with Crippen molar-refractivity contribution in [3.05, 3.63) is 23.8 Å². The van der Waals surface area contributed by atoms with Crippen molar-refractivity contribution in [1.29, 1.82) is 0 Å². The normalized spacial score (nSPS) is 17.3. The number of amides is 2. The van der Waals surface area contributed by atoms with Crippen LogP contribution in [-0.4, -0.2) is 36.6 Å². The molecule has 6 heteroatoms. The summed E-state index contributed by atoms with van der Waals surface area (Å²) in [7, 11) is 0. The Bertz CT molecular complexity index is 573. The monoisotopic (exact) mass is 304 g/mol. The molecular formula is C16H20N2O4. The number of carbonyl (C=O) groups is 2. The van der Waals surface area contributed by atoms with Gasteiger partial charge in [-0.2, -0.15) is 0 Å². The summed E-state index contributed by atoms with van der Waals surface area (Å²) in [6.07, 6.45) is 3.51. The Morgan fingerprint density at radius 2 is 2.05 bits per heavy atom. The number of fused-ring (bicyclic) bond motifs is 1. The number of benzene rings is 1. The zero-order valence-electron chi connectivity index (χ0n) is 12.5. The maximum atomic E-state index is 12.0. The van der Waals surface area contributed by atoms with Crippen LogP contribution in [0.1, 0.15) is 31.2 Å². The summed E-state index contributed by atoms with van der Waals surface area (Å²) >= 11 is 0. The van der Waals surface area contributed by atoms with Gasteiger partial charge in [0.1, 0.15) is 0 Å². The third-order valence-electron chi connectivity index (χ3n) is 3.93. The molecule has 22 heavy (non-hydrogen) atoms. The van der Waals surface area contributed by atoms with Crippen molar-refractivity contribution in [2.24, 2.45) is 0 Å². The maximum absolute atomic E-state index is 12.0. The Morgan fingerprint density at radius 1 is 1.18 bits per heavy atom. The van der Waals surface area contributed by atoms with E-state index in [0.29, 0.717) is 25.3 Å². The lowest BCUT2D eigenvalue weighted by atomic mass is 10.2. The van der Waals surface area contributed by atoms with Gasteiger partial charge in [0.2, 0.25) is 18.6 Å². The van der Waals surface area contributed by atoms with E-state index in [0.717, 1.165) is 30.6 Å². The molecule has 3 rings (SSSR count). The smallest absolute Gasteiger partial charge is 0.239 e. The molecule has 6 nitrogen and oxygen atoms in total. The quantitative estimate of drug-likeness (QED) is 0.914. The van der Waals surface area contributed by atoms with Crippen molar-refractivity contribution in [2.75, 3.05) is 19.9 Å². The van der Waals surface area contributed by atoms with Crippen LogP contribution in [0.25, 0.3) is 0 Å². The number of hydrogen-bond donors (Lipinski definition) is 1. The van der Waals surface area contributed by atoms with Gasteiger partial charge in [-0.25, -0.2) is 0 Å². The number of nitrogens with one attached hydrogen (secondary N) is 1. The lowest BCUT2D eigenvalue weighted by Gasteiger charge is -2.19. The molecule has 2 aliphatic heterocycles. The van der Waals surface area contributed by atoms with Gasteiger partial charge < -0.3 is 19.7 Å². The van der Waals surface area contributed by atoms with Crippen molar-refractivity contribution in [2.45, 2.75) is 32.2 Å². The minimum absolute atomic E-state index is 0.0794. The van der Waals surface area contributed by atoms with Crippen LogP contribution in [-0.2, 0) is 16.1 Å². The van der Waals surface area contributed by atoms with Crippen LogP contribution >= 0.6 is 0 Å². The molecule has 2 heterocycles. The molecule has 1 saturated heterocycles. The Morgan fingerprint density at radius 3 is 2.95 bits per heavy atom. The summed E-state index contributed by atoms with van der Waals surface area (Å²) in [5.74, 6) is 1.38. The molecule has 0 radical (unpaired) electrons. The lowest BCUT2D eigenvalue weighted by molar-refractivity contribution is -0.135. The molecule has 1 fully saturated rings. The molecule has 0 bridgehead atoms. The average molecular weight is 304 g/mol. The van der Waals surface area contributed by atoms with Gasteiger partial charge in [-0.3, -0.25) is 9.59 Å². The highest BCUT2D eigenvalue weighted by atomic mass is 16.7. The van der Waals surface area contributed by atoms with Gasteiger partial charge >= 0.3 is 0 Å². The minimum Gasteiger partial charge on any atom is -0.454 e. The van der Waals surface area contributed by atoms with E-state index in [4.69, 9.17) is 9.47 Å². The number of rotatable bonds is 4. The fourth-order valence-corrected chi connectivity index (χ4v) is 2.69. The summed E-state index contributed by atoms with van der Waals surface area (Å²) in [4.78, 5) is 25.5. The fourth-order valence-electron chi connectivity index (χ4n) is 2.69. The number of nitrogens with zero attached hydrogens (tertiary/aromatic N) is 1. The first-order chi connectivity index (χ1) is 10.7. The summed E-state index contributed by atoms with van der Waals surface area (Å²) in [6.45, 7) is 1.47. The van der Waals surface area contributed by atoms with E-state index in [9.17, 15) is 9.59 Å². The second-order valence-electron chi connectivity index (χ2n) is 5.59.